The number of aromatic nitrogens is 2. The summed E-state index contributed by atoms with van der Waals surface area (Å²) in [6, 6.07) is 4.47. The summed E-state index contributed by atoms with van der Waals surface area (Å²) in [5.41, 5.74) is 2.48. The monoisotopic (exact) mass is 276 g/mol. The van der Waals surface area contributed by atoms with Gasteiger partial charge in [0.05, 0.1) is 19.0 Å². The van der Waals surface area contributed by atoms with Crippen LogP contribution >= 0.6 is 11.8 Å². The molecule has 0 saturated heterocycles. The molecule has 4 nitrogen and oxygen atoms in total. The molecule has 0 bridgehead atoms. The molecule has 0 saturated carbocycles. The van der Waals surface area contributed by atoms with Crippen LogP contribution in [0.1, 0.15) is 24.6 Å². The highest BCUT2D eigenvalue weighted by atomic mass is 32.2. The van der Waals surface area contributed by atoms with E-state index >= 15 is 0 Å². The molecule has 5 heteroatoms. The fraction of sp³-hybridized carbons (Fsp3) is 0.429. The number of carbonyl (C=O) groups is 1. The molecule has 0 aliphatic carbocycles. The van der Waals surface area contributed by atoms with Crippen molar-refractivity contribution in [1.82, 2.24) is 9.55 Å². The fourth-order valence-corrected chi connectivity index (χ4v) is 3.43. The maximum absolute atomic E-state index is 11.5. The van der Waals surface area contributed by atoms with Crippen molar-refractivity contribution in [3.05, 3.63) is 24.0 Å². The van der Waals surface area contributed by atoms with Gasteiger partial charge in [0.2, 0.25) is 0 Å². The number of thioether (sulfide) groups is 1. The number of pyridine rings is 1. The highest BCUT2D eigenvalue weighted by Gasteiger charge is 2.27. The molecule has 2 aromatic rings. The Labute approximate surface area is 116 Å². The largest absolute Gasteiger partial charge is 0.469 e. The zero-order valence-corrected chi connectivity index (χ0v) is 11.9. The van der Waals surface area contributed by atoms with Crippen LogP contribution in [0.15, 0.2) is 23.4 Å². The summed E-state index contributed by atoms with van der Waals surface area (Å²) in [4.78, 5) is 15.9. The summed E-state index contributed by atoms with van der Waals surface area (Å²) in [6.45, 7) is 0. The van der Waals surface area contributed by atoms with Crippen LogP contribution in [0.2, 0.25) is 0 Å². The summed E-state index contributed by atoms with van der Waals surface area (Å²) in [6.07, 6.45) is 6.36. The van der Waals surface area contributed by atoms with Crippen molar-refractivity contribution in [2.45, 2.75) is 30.3 Å². The molecule has 0 N–H and O–H groups in total. The highest BCUT2D eigenvalue weighted by Crippen LogP contribution is 2.37. The average molecular weight is 276 g/mol. The Bertz CT molecular complexity index is 636. The van der Waals surface area contributed by atoms with Crippen molar-refractivity contribution in [3.8, 4) is 0 Å². The van der Waals surface area contributed by atoms with Crippen LogP contribution in [-0.4, -0.2) is 28.9 Å². The van der Waals surface area contributed by atoms with Crippen molar-refractivity contribution >= 4 is 28.6 Å². The SMILES string of the molecule is COC(=O)CC1CCc2cc3c(SC)nccc3n21. The van der Waals surface area contributed by atoms with Crippen LogP contribution in [-0.2, 0) is 16.0 Å². The number of esters is 1. The Kier molecular flexibility index (Phi) is 3.22. The van der Waals surface area contributed by atoms with Crippen molar-refractivity contribution in [2.75, 3.05) is 13.4 Å². The quantitative estimate of drug-likeness (QED) is 0.638. The van der Waals surface area contributed by atoms with Crippen molar-refractivity contribution in [3.63, 3.8) is 0 Å². The molecule has 0 spiro atoms. The number of rotatable bonds is 3. The second-order valence-electron chi connectivity index (χ2n) is 4.73. The Balaban J connectivity index is 2.06. The predicted molar refractivity (Wildman–Crippen MR) is 75.5 cm³/mol. The molecule has 0 radical (unpaired) electrons. The van der Waals surface area contributed by atoms with E-state index in [4.69, 9.17) is 4.74 Å². The molecule has 2 aromatic heterocycles. The van der Waals surface area contributed by atoms with Crippen LogP contribution in [0.3, 0.4) is 0 Å². The zero-order valence-electron chi connectivity index (χ0n) is 11.0. The van der Waals surface area contributed by atoms with Gasteiger partial charge in [0.15, 0.2) is 0 Å². The predicted octanol–water partition coefficient (Wildman–Crippen LogP) is 2.81. The van der Waals surface area contributed by atoms with Crippen molar-refractivity contribution in [2.24, 2.45) is 0 Å². The Morgan fingerprint density at radius 1 is 1.63 bits per heavy atom. The molecule has 1 aliphatic rings. The summed E-state index contributed by atoms with van der Waals surface area (Å²) in [5.74, 6) is -0.140. The lowest BCUT2D eigenvalue weighted by Crippen LogP contribution is -2.11. The average Bonchev–Trinajstić information content (AvgIpc) is 2.98. The maximum atomic E-state index is 11.5. The number of aryl methyl sites for hydroxylation is 1. The molecule has 0 aromatic carbocycles. The summed E-state index contributed by atoms with van der Waals surface area (Å²) in [5, 5.41) is 2.25. The molecule has 1 aliphatic heterocycles. The van der Waals surface area contributed by atoms with Gasteiger partial charge in [0, 0.05) is 23.3 Å². The van der Waals surface area contributed by atoms with Gasteiger partial charge >= 0.3 is 5.97 Å². The molecule has 0 amide bonds. The van der Waals surface area contributed by atoms with Crippen molar-refractivity contribution in [1.29, 1.82) is 0 Å². The molecule has 1 atom stereocenters. The summed E-state index contributed by atoms with van der Waals surface area (Å²) >= 11 is 1.66. The third-order valence-corrected chi connectivity index (χ3v) is 4.44. The van der Waals surface area contributed by atoms with Crippen LogP contribution in [0, 0.1) is 0 Å². The van der Waals surface area contributed by atoms with E-state index in [0.717, 1.165) is 17.9 Å². The number of nitrogens with zero attached hydrogens (tertiary/aromatic N) is 2. The Morgan fingerprint density at radius 3 is 3.21 bits per heavy atom. The van der Waals surface area contributed by atoms with Crippen molar-refractivity contribution < 1.29 is 9.53 Å². The molecule has 3 rings (SSSR count). The molecule has 3 heterocycles. The van der Waals surface area contributed by atoms with E-state index in [-0.39, 0.29) is 12.0 Å². The van der Waals surface area contributed by atoms with E-state index in [1.807, 2.05) is 18.5 Å². The van der Waals surface area contributed by atoms with Gasteiger partial charge in [0.1, 0.15) is 5.03 Å². The number of carbonyl (C=O) groups excluding carboxylic acids is 1. The Morgan fingerprint density at radius 2 is 2.47 bits per heavy atom. The van der Waals surface area contributed by atoms with Crippen LogP contribution in [0.5, 0.6) is 0 Å². The van der Waals surface area contributed by atoms with Gasteiger partial charge < -0.3 is 9.30 Å². The minimum absolute atomic E-state index is 0.140. The van der Waals surface area contributed by atoms with Gasteiger partial charge in [-0.3, -0.25) is 4.79 Å². The van der Waals surface area contributed by atoms with Gasteiger partial charge in [-0.1, -0.05) is 0 Å². The first-order valence-electron chi connectivity index (χ1n) is 6.34. The van der Waals surface area contributed by atoms with E-state index < -0.39 is 0 Å². The summed E-state index contributed by atoms with van der Waals surface area (Å²) < 4.78 is 7.08. The third kappa shape index (κ3) is 2.02. The standard InChI is InChI=1S/C14H16N2O2S/c1-18-13(17)8-10-4-3-9-7-11-12(16(9)10)5-6-15-14(11)19-2/h5-7,10H,3-4,8H2,1-2H3. The smallest absolute Gasteiger partial charge is 0.307 e. The van der Waals surface area contributed by atoms with E-state index in [9.17, 15) is 4.79 Å². The highest BCUT2D eigenvalue weighted by molar-refractivity contribution is 7.98. The lowest BCUT2D eigenvalue weighted by Gasteiger charge is -2.13. The first-order valence-corrected chi connectivity index (χ1v) is 7.56. The topological polar surface area (TPSA) is 44.1 Å². The minimum Gasteiger partial charge on any atom is -0.469 e. The van der Waals surface area contributed by atoms with Gasteiger partial charge in [-0.15, -0.1) is 11.8 Å². The molecular formula is C14H16N2O2S. The second kappa shape index (κ2) is 4.89. The fourth-order valence-electron chi connectivity index (χ4n) is 2.88. The molecule has 19 heavy (non-hydrogen) atoms. The molecule has 100 valence electrons. The zero-order chi connectivity index (χ0) is 13.4. The molecule has 0 fully saturated rings. The van der Waals surface area contributed by atoms with Gasteiger partial charge in [-0.2, -0.15) is 0 Å². The van der Waals surface area contributed by atoms with E-state index in [0.29, 0.717) is 6.42 Å². The Hall–Kier alpha value is -1.49. The van der Waals surface area contributed by atoms with Crippen LogP contribution in [0.4, 0.5) is 0 Å². The van der Waals surface area contributed by atoms with Crippen LogP contribution in [0.25, 0.3) is 10.9 Å². The normalized spacial score (nSPS) is 17.7. The summed E-state index contributed by atoms with van der Waals surface area (Å²) in [7, 11) is 1.45. The number of hydrogen-bond donors (Lipinski definition) is 0. The number of hydrogen-bond acceptors (Lipinski definition) is 4. The van der Waals surface area contributed by atoms with Gasteiger partial charge in [-0.25, -0.2) is 4.98 Å². The molecule has 1 unspecified atom stereocenters. The second-order valence-corrected chi connectivity index (χ2v) is 5.53. The lowest BCUT2D eigenvalue weighted by molar-refractivity contribution is -0.141. The lowest BCUT2D eigenvalue weighted by atomic mass is 10.1. The van der Waals surface area contributed by atoms with E-state index in [2.05, 4.69) is 15.6 Å². The van der Waals surface area contributed by atoms with Crippen LogP contribution < -0.4 is 0 Å². The number of fused-ring (bicyclic) bond motifs is 3. The number of ether oxygens (including phenoxy) is 1. The first-order chi connectivity index (χ1) is 9.24. The van der Waals surface area contributed by atoms with E-state index in [1.54, 1.807) is 11.8 Å². The van der Waals surface area contributed by atoms with E-state index in [1.165, 1.54) is 23.7 Å². The maximum Gasteiger partial charge on any atom is 0.307 e. The third-order valence-electron chi connectivity index (χ3n) is 3.73. The number of methoxy groups -OCH3 is 1. The van der Waals surface area contributed by atoms with Gasteiger partial charge in [0.25, 0.3) is 0 Å². The minimum atomic E-state index is -0.140. The van der Waals surface area contributed by atoms with Gasteiger partial charge in [-0.05, 0) is 31.2 Å². The molecular weight excluding hydrogens is 260 g/mol. The first kappa shape index (κ1) is 12.5.